The van der Waals surface area contributed by atoms with Crippen LogP contribution in [0.15, 0.2) is 36.5 Å². The molecule has 1 N–H and O–H groups in total. The Kier molecular flexibility index (Phi) is 15.5. The number of hydrogen-bond acceptors (Lipinski definition) is 5. The average molecular weight is 449 g/mol. The summed E-state index contributed by atoms with van der Waals surface area (Å²) in [6.07, 6.45) is 23.1. The number of hydrogen-bond donors (Lipinski definition) is 1. The predicted octanol–water partition coefficient (Wildman–Crippen LogP) is 6.07. The van der Waals surface area contributed by atoms with Gasteiger partial charge in [-0.1, -0.05) is 81.9 Å². The lowest BCUT2D eigenvalue weighted by molar-refractivity contribution is -0.150. The Balaban J connectivity index is 2.55. The molecule has 0 aromatic heterocycles. The van der Waals surface area contributed by atoms with Gasteiger partial charge in [-0.05, 0) is 38.0 Å². The molecule has 0 spiro atoms. The third kappa shape index (κ3) is 12.8. The fourth-order valence-corrected chi connectivity index (χ4v) is 4.26. The summed E-state index contributed by atoms with van der Waals surface area (Å²) in [6.45, 7) is 3.65. The van der Waals surface area contributed by atoms with Crippen LogP contribution < -0.4 is 0 Å². The molecule has 0 fully saturated rings. The Labute approximate surface area is 194 Å². The van der Waals surface area contributed by atoms with E-state index in [1.165, 1.54) is 46.1 Å². The highest BCUT2D eigenvalue weighted by Crippen LogP contribution is 2.33. The van der Waals surface area contributed by atoms with E-state index in [0.29, 0.717) is 19.3 Å². The first kappa shape index (κ1) is 28.2. The molecule has 0 aromatic rings. The van der Waals surface area contributed by atoms with Crippen molar-refractivity contribution in [3.8, 4) is 0 Å². The lowest BCUT2D eigenvalue weighted by Gasteiger charge is -2.33. The van der Waals surface area contributed by atoms with Crippen LogP contribution >= 0.6 is 0 Å². The van der Waals surface area contributed by atoms with E-state index in [2.05, 4.69) is 25.2 Å². The molecule has 0 saturated heterocycles. The van der Waals surface area contributed by atoms with Gasteiger partial charge in [-0.3, -0.25) is 9.59 Å². The topological polar surface area (TPSA) is 72.8 Å². The Morgan fingerprint density at radius 2 is 1.75 bits per heavy atom. The van der Waals surface area contributed by atoms with Crippen molar-refractivity contribution in [2.45, 2.75) is 103 Å². The summed E-state index contributed by atoms with van der Waals surface area (Å²) in [5, 5.41) is 10.2. The Morgan fingerprint density at radius 1 is 1.03 bits per heavy atom. The highest BCUT2D eigenvalue weighted by atomic mass is 16.5. The second-order valence-electron chi connectivity index (χ2n) is 8.78. The minimum Gasteiger partial charge on any atom is -0.469 e. The van der Waals surface area contributed by atoms with Crippen LogP contribution in [0.3, 0.4) is 0 Å². The van der Waals surface area contributed by atoms with E-state index in [-0.39, 0.29) is 29.9 Å². The van der Waals surface area contributed by atoms with Gasteiger partial charge in [0.25, 0.3) is 0 Å². The Bertz CT molecular complexity index is 607. The lowest BCUT2D eigenvalue weighted by atomic mass is 9.78. The normalized spacial score (nSPS) is 20.5. The maximum Gasteiger partial charge on any atom is 0.305 e. The highest BCUT2D eigenvalue weighted by molar-refractivity contribution is 5.69. The highest BCUT2D eigenvalue weighted by Gasteiger charge is 2.30. The summed E-state index contributed by atoms with van der Waals surface area (Å²) in [5.74, 6) is -0.0960. The van der Waals surface area contributed by atoms with Crippen LogP contribution in [-0.2, 0) is 19.1 Å². The molecule has 5 nitrogen and oxygen atoms in total. The van der Waals surface area contributed by atoms with Crippen molar-refractivity contribution in [3.63, 3.8) is 0 Å². The first-order valence-corrected chi connectivity index (χ1v) is 12.4. The van der Waals surface area contributed by atoms with E-state index in [1.807, 2.05) is 18.2 Å². The second kappa shape index (κ2) is 17.6. The van der Waals surface area contributed by atoms with Crippen molar-refractivity contribution >= 4 is 11.9 Å². The molecule has 182 valence electrons. The monoisotopic (exact) mass is 448 g/mol. The second-order valence-corrected chi connectivity index (χ2v) is 8.78. The van der Waals surface area contributed by atoms with Crippen LogP contribution in [0.4, 0.5) is 0 Å². The van der Waals surface area contributed by atoms with Crippen molar-refractivity contribution in [2.24, 2.45) is 11.8 Å². The molecule has 4 atom stereocenters. The lowest BCUT2D eigenvalue weighted by Crippen LogP contribution is -2.32. The van der Waals surface area contributed by atoms with Gasteiger partial charge in [-0.2, -0.15) is 0 Å². The zero-order chi connectivity index (χ0) is 23.6. The van der Waals surface area contributed by atoms with Gasteiger partial charge in [-0.25, -0.2) is 0 Å². The van der Waals surface area contributed by atoms with Gasteiger partial charge in [0, 0.05) is 19.3 Å². The number of rotatable bonds is 16. The largest absolute Gasteiger partial charge is 0.469 e. The zero-order valence-electron chi connectivity index (χ0n) is 20.3. The molecule has 0 saturated carbocycles. The molecule has 2 unspecified atom stereocenters. The van der Waals surface area contributed by atoms with Crippen molar-refractivity contribution in [3.05, 3.63) is 36.5 Å². The molecule has 0 aliphatic heterocycles. The van der Waals surface area contributed by atoms with Crippen LogP contribution in [0.2, 0.25) is 0 Å². The van der Waals surface area contributed by atoms with Gasteiger partial charge in [0.05, 0.1) is 13.2 Å². The standard InChI is InChI=1S/C27H44O5/c1-4-5-6-7-8-9-17-24(29)18-12-10-15-23-16-11-13-19-25(23)26(32-22(2)28)20-14-21-27(30)31-3/h10-13,15,18,23-26,29H,4-9,14,16-17,19-21H2,1-3H3/t23-,24?,25+,26?/m0/s1. The van der Waals surface area contributed by atoms with Crippen LogP contribution in [-0.4, -0.2) is 36.4 Å². The molecule has 0 amide bonds. The fourth-order valence-electron chi connectivity index (χ4n) is 4.26. The van der Waals surface area contributed by atoms with Crippen molar-refractivity contribution in [1.82, 2.24) is 0 Å². The number of carbonyl (C=O) groups excluding carboxylic acids is 2. The summed E-state index contributed by atoms with van der Waals surface area (Å²) in [4.78, 5) is 23.1. The summed E-state index contributed by atoms with van der Waals surface area (Å²) >= 11 is 0. The van der Waals surface area contributed by atoms with Gasteiger partial charge in [0.1, 0.15) is 6.10 Å². The minimum atomic E-state index is -0.403. The summed E-state index contributed by atoms with van der Waals surface area (Å²) in [5.41, 5.74) is 0. The third-order valence-corrected chi connectivity index (χ3v) is 6.08. The molecule has 32 heavy (non-hydrogen) atoms. The molecule has 5 heteroatoms. The summed E-state index contributed by atoms with van der Waals surface area (Å²) in [6, 6.07) is 0. The van der Waals surface area contributed by atoms with Crippen molar-refractivity contribution in [2.75, 3.05) is 7.11 Å². The molecule has 0 aromatic carbocycles. The summed E-state index contributed by atoms with van der Waals surface area (Å²) in [7, 11) is 1.39. The fraction of sp³-hybridized carbons (Fsp3) is 0.704. The van der Waals surface area contributed by atoms with Gasteiger partial charge < -0.3 is 14.6 Å². The van der Waals surface area contributed by atoms with Gasteiger partial charge in [-0.15, -0.1) is 0 Å². The Morgan fingerprint density at radius 3 is 2.47 bits per heavy atom. The maximum atomic E-state index is 11.7. The third-order valence-electron chi connectivity index (χ3n) is 6.08. The van der Waals surface area contributed by atoms with E-state index in [1.54, 1.807) is 0 Å². The van der Waals surface area contributed by atoms with Gasteiger partial charge >= 0.3 is 11.9 Å². The average Bonchev–Trinajstić information content (AvgIpc) is 2.78. The number of unbranched alkanes of at least 4 members (excludes halogenated alkanes) is 5. The summed E-state index contributed by atoms with van der Waals surface area (Å²) < 4.78 is 10.4. The molecular formula is C27H44O5. The van der Waals surface area contributed by atoms with E-state index < -0.39 is 6.10 Å². The maximum absolute atomic E-state index is 11.7. The number of carbonyl (C=O) groups is 2. The number of aliphatic hydroxyl groups is 1. The molecule has 0 radical (unpaired) electrons. The van der Waals surface area contributed by atoms with Gasteiger partial charge in [0.2, 0.25) is 0 Å². The number of methoxy groups -OCH3 is 1. The molecular weight excluding hydrogens is 404 g/mol. The quantitative estimate of drug-likeness (QED) is 0.134. The van der Waals surface area contributed by atoms with Crippen LogP contribution in [0.1, 0.15) is 90.9 Å². The molecule has 0 bridgehead atoms. The SMILES string of the molecule is CCCCCCCCC(O)C=CC=C[C@H]1CC=CC[C@H]1C(CCCC(=O)OC)OC(C)=O. The van der Waals surface area contributed by atoms with E-state index in [9.17, 15) is 14.7 Å². The molecule has 1 rings (SSSR count). The van der Waals surface area contributed by atoms with E-state index >= 15 is 0 Å². The minimum absolute atomic E-state index is 0.180. The molecule has 0 heterocycles. The zero-order valence-corrected chi connectivity index (χ0v) is 20.3. The number of esters is 2. The van der Waals surface area contributed by atoms with Crippen LogP contribution in [0, 0.1) is 11.8 Å². The van der Waals surface area contributed by atoms with E-state index in [4.69, 9.17) is 9.47 Å². The van der Waals surface area contributed by atoms with Crippen LogP contribution in [0.5, 0.6) is 0 Å². The molecule has 1 aliphatic rings. The predicted molar refractivity (Wildman–Crippen MR) is 129 cm³/mol. The first-order valence-electron chi connectivity index (χ1n) is 12.4. The first-order chi connectivity index (χ1) is 15.5. The van der Waals surface area contributed by atoms with Crippen molar-refractivity contribution in [1.29, 1.82) is 0 Å². The Hall–Kier alpha value is -1.88. The number of aliphatic hydroxyl groups excluding tert-OH is 1. The smallest absolute Gasteiger partial charge is 0.305 e. The van der Waals surface area contributed by atoms with E-state index in [0.717, 1.165) is 25.7 Å². The molecule has 1 aliphatic carbocycles. The van der Waals surface area contributed by atoms with Crippen LogP contribution in [0.25, 0.3) is 0 Å². The van der Waals surface area contributed by atoms with Crippen molar-refractivity contribution < 1.29 is 24.2 Å². The number of allylic oxidation sites excluding steroid dienone is 5. The van der Waals surface area contributed by atoms with Gasteiger partial charge in [0.15, 0.2) is 0 Å². The number of ether oxygens (including phenoxy) is 2.